The molecule has 11 heteroatoms. The van der Waals surface area contributed by atoms with Crippen LogP contribution in [0.3, 0.4) is 0 Å². The first-order chi connectivity index (χ1) is 15.3. The molecule has 1 aliphatic rings. The van der Waals surface area contributed by atoms with Crippen molar-refractivity contribution in [3.8, 4) is 11.3 Å². The van der Waals surface area contributed by atoms with E-state index in [9.17, 15) is 9.59 Å². The van der Waals surface area contributed by atoms with Crippen molar-refractivity contribution in [3.05, 3.63) is 41.7 Å². The van der Waals surface area contributed by atoms with E-state index >= 15 is 0 Å². The number of aromatic nitrogens is 4. The van der Waals surface area contributed by atoms with Crippen LogP contribution < -0.4 is 26.2 Å². The molecule has 0 bridgehead atoms. The lowest BCUT2D eigenvalue weighted by Gasteiger charge is -2.34. The second kappa shape index (κ2) is 8.17. The number of rotatable bonds is 4. The first-order valence-electron chi connectivity index (χ1n) is 10.1. The Labute approximate surface area is 185 Å². The summed E-state index contributed by atoms with van der Waals surface area (Å²) in [7, 11) is 6.87. The van der Waals surface area contributed by atoms with Gasteiger partial charge in [0.25, 0.3) is 5.91 Å². The molecule has 0 aliphatic carbocycles. The number of hydrogen-bond acceptors (Lipinski definition) is 7. The molecule has 0 saturated carbocycles. The van der Waals surface area contributed by atoms with Crippen LogP contribution in [0, 0.1) is 0 Å². The Hall–Kier alpha value is -4.15. The maximum atomic E-state index is 12.5. The van der Waals surface area contributed by atoms with Crippen molar-refractivity contribution in [1.29, 1.82) is 0 Å². The number of urea groups is 1. The van der Waals surface area contributed by atoms with Gasteiger partial charge in [-0.3, -0.25) is 10.1 Å². The summed E-state index contributed by atoms with van der Waals surface area (Å²) in [6.07, 6.45) is 1.43. The minimum Gasteiger partial charge on any atom is -0.364 e. The molecule has 1 aromatic carbocycles. The molecule has 0 radical (unpaired) electrons. The summed E-state index contributed by atoms with van der Waals surface area (Å²) in [5, 5.41) is 20.2. The summed E-state index contributed by atoms with van der Waals surface area (Å²) in [5.74, 6) is 0.0106. The number of carbonyl (C=O) groups is 2. The van der Waals surface area contributed by atoms with Crippen LogP contribution in [0.5, 0.6) is 0 Å². The lowest BCUT2D eigenvalue weighted by Crippen LogP contribution is -2.27. The van der Waals surface area contributed by atoms with Gasteiger partial charge in [0.15, 0.2) is 0 Å². The largest absolute Gasteiger partial charge is 0.364 e. The van der Waals surface area contributed by atoms with Gasteiger partial charge in [0.1, 0.15) is 17.2 Å². The zero-order chi connectivity index (χ0) is 23.0. The molecule has 4 N–H and O–H groups in total. The molecule has 3 amide bonds. The number of pyridine rings is 1. The predicted octanol–water partition coefficient (Wildman–Crippen LogP) is 2.24. The Morgan fingerprint density at radius 2 is 1.84 bits per heavy atom. The Morgan fingerprint density at radius 1 is 1.06 bits per heavy atom. The standard InChI is InChI=1S/C21H25N9O2/c1-11-17-18(28-30(5)27-17)12-7-6-8-14(19(12)29(11)4)25-15-9-16(26-21(32)23-3)24-10-13(15)20(31)22-2/h6-11H,1-5H3,(H,22,31)(H3,23,24,25,26,32)/t11-/m1/s1. The molecule has 0 fully saturated rings. The van der Waals surface area contributed by atoms with Crippen molar-refractivity contribution in [2.45, 2.75) is 13.0 Å². The molecule has 3 aromatic rings. The normalized spacial score (nSPS) is 14.3. The summed E-state index contributed by atoms with van der Waals surface area (Å²) >= 11 is 0. The van der Waals surface area contributed by atoms with Crippen molar-refractivity contribution in [3.63, 3.8) is 0 Å². The molecule has 32 heavy (non-hydrogen) atoms. The van der Waals surface area contributed by atoms with Crippen molar-refractivity contribution in [1.82, 2.24) is 30.6 Å². The zero-order valence-corrected chi connectivity index (χ0v) is 18.5. The van der Waals surface area contributed by atoms with Crippen molar-refractivity contribution in [2.24, 2.45) is 7.05 Å². The Kier molecular flexibility index (Phi) is 5.39. The number of anilines is 4. The molecule has 166 valence electrons. The van der Waals surface area contributed by atoms with E-state index in [0.717, 1.165) is 28.3 Å². The highest BCUT2D eigenvalue weighted by Gasteiger charge is 2.32. The second-order valence-electron chi connectivity index (χ2n) is 7.44. The highest BCUT2D eigenvalue weighted by atomic mass is 16.2. The number of nitrogens with zero attached hydrogens (tertiary/aromatic N) is 5. The fourth-order valence-electron chi connectivity index (χ4n) is 3.75. The van der Waals surface area contributed by atoms with Gasteiger partial charge in [0.05, 0.1) is 28.7 Å². The van der Waals surface area contributed by atoms with Crippen LogP contribution in [-0.4, -0.2) is 53.1 Å². The molecule has 2 aromatic heterocycles. The maximum Gasteiger partial charge on any atom is 0.320 e. The number of hydrogen-bond donors (Lipinski definition) is 4. The number of para-hydroxylation sites is 1. The number of fused-ring (bicyclic) bond motifs is 3. The van der Waals surface area contributed by atoms with Gasteiger partial charge >= 0.3 is 6.03 Å². The molecule has 1 aliphatic heterocycles. The van der Waals surface area contributed by atoms with E-state index in [-0.39, 0.29) is 11.9 Å². The van der Waals surface area contributed by atoms with E-state index in [1.807, 2.05) is 25.2 Å². The van der Waals surface area contributed by atoms with Crippen LogP contribution in [0.2, 0.25) is 0 Å². The van der Waals surface area contributed by atoms with Crippen LogP contribution in [0.15, 0.2) is 30.5 Å². The summed E-state index contributed by atoms with van der Waals surface area (Å²) < 4.78 is 0. The van der Waals surface area contributed by atoms with E-state index in [2.05, 4.69) is 48.3 Å². The van der Waals surface area contributed by atoms with Crippen molar-refractivity contribution >= 4 is 34.8 Å². The molecule has 4 rings (SSSR count). The monoisotopic (exact) mass is 435 g/mol. The summed E-state index contributed by atoms with van der Waals surface area (Å²) in [5.41, 5.74) is 5.26. The fourth-order valence-corrected chi connectivity index (χ4v) is 3.75. The average molecular weight is 435 g/mol. The molecule has 0 saturated heterocycles. The Balaban J connectivity index is 1.81. The second-order valence-corrected chi connectivity index (χ2v) is 7.44. The number of benzene rings is 1. The third-order valence-corrected chi connectivity index (χ3v) is 5.47. The van der Waals surface area contributed by atoms with E-state index in [0.29, 0.717) is 17.1 Å². The van der Waals surface area contributed by atoms with Gasteiger partial charge in [-0.2, -0.15) is 15.0 Å². The summed E-state index contributed by atoms with van der Waals surface area (Å²) in [4.78, 5) is 32.1. The first-order valence-corrected chi connectivity index (χ1v) is 10.1. The average Bonchev–Trinajstić information content (AvgIpc) is 3.19. The lowest BCUT2D eigenvalue weighted by molar-refractivity contribution is 0.0963. The van der Waals surface area contributed by atoms with Crippen LogP contribution >= 0.6 is 0 Å². The highest BCUT2D eigenvalue weighted by Crippen LogP contribution is 2.46. The molecular weight excluding hydrogens is 410 g/mol. The van der Waals surface area contributed by atoms with Gasteiger partial charge in [0.2, 0.25) is 0 Å². The lowest BCUT2D eigenvalue weighted by atomic mass is 9.96. The van der Waals surface area contributed by atoms with E-state index in [1.165, 1.54) is 13.2 Å². The number of carbonyl (C=O) groups excluding carboxylic acids is 2. The van der Waals surface area contributed by atoms with Crippen LogP contribution in [0.25, 0.3) is 11.3 Å². The Morgan fingerprint density at radius 3 is 2.56 bits per heavy atom. The minimum absolute atomic E-state index is 0.00970. The van der Waals surface area contributed by atoms with Crippen LogP contribution in [0.1, 0.15) is 29.0 Å². The molecular formula is C21H25N9O2. The van der Waals surface area contributed by atoms with Crippen molar-refractivity contribution in [2.75, 3.05) is 36.7 Å². The van der Waals surface area contributed by atoms with Gasteiger partial charge < -0.3 is 20.9 Å². The number of nitrogens with one attached hydrogen (secondary N) is 4. The van der Waals surface area contributed by atoms with Gasteiger partial charge in [-0.05, 0) is 13.0 Å². The summed E-state index contributed by atoms with van der Waals surface area (Å²) in [6.45, 7) is 2.07. The van der Waals surface area contributed by atoms with Gasteiger partial charge in [-0.1, -0.05) is 12.1 Å². The smallest absolute Gasteiger partial charge is 0.320 e. The van der Waals surface area contributed by atoms with Crippen LogP contribution in [0.4, 0.5) is 27.7 Å². The maximum absolute atomic E-state index is 12.5. The quantitative estimate of drug-likeness (QED) is 0.495. The molecule has 11 nitrogen and oxygen atoms in total. The van der Waals surface area contributed by atoms with E-state index in [4.69, 9.17) is 0 Å². The SMILES string of the molecule is CNC(=O)Nc1cc(Nc2cccc3c2N(C)[C@H](C)c2nn(C)nc2-3)c(C(=O)NC)cn1. The van der Waals surface area contributed by atoms with Gasteiger partial charge in [-0.15, -0.1) is 0 Å². The third-order valence-electron chi connectivity index (χ3n) is 5.47. The van der Waals surface area contributed by atoms with Crippen LogP contribution in [-0.2, 0) is 7.05 Å². The highest BCUT2D eigenvalue weighted by molar-refractivity contribution is 6.02. The van der Waals surface area contributed by atoms with E-state index < -0.39 is 6.03 Å². The molecule has 3 heterocycles. The third kappa shape index (κ3) is 3.57. The fraction of sp³-hybridized carbons (Fsp3) is 0.286. The van der Waals surface area contributed by atoms with Crippen molar-refractivity contribution < 1.29 is 9.59 Å². The number of amides is 3. The van der Waals surface area contributed by atoms with Gasteiger partial charge in [0, 0.05) is 46.0 Å². The van der Waals surface area contributed by atoms with E-state index in [1.54, 1.807) is 25.0 Å². The first kappa shape index (κ1) is 21.1. The summed E-state index contributed by atoms with van der Waals surface area (Å²) in [6, 6.07) is 7.09. The molecule has 0 unspecified atom stereocenters. The molecule has 1 atom stereocenters. The topological polar surface area (TPSA) is 129 Å². The Bertz CT molecular complexity index is 1200. The minimum atomic E-state index is -0.406. The van der Waals surface area contributed by atoms with Gasteiger partial charge in [-0.25, -0.2) is 9.78 Å². The number of aryl methyl sites for hydroxylation is 1. The molecule has 0 spiro atoms. The predicted molar refractivity (Wildman–Crippen MR) is 122 cm³/mol. The zero-order valence-electron chi connectivity index (χ0n) is 18.5.